The van der Waals surface area contributed by atoms with Crippen LogP contribution in [-0.2, 0) is 11.3 Å². The normalized spacial score (nSPS) is 15.7. The number of rotatable bonds is 7. The average Bonchev–Trinajstić information content (AvgIpc) is 3.21. The van der Waals surface area contributed by atoms with E-state index >= 15 is 0 Å². The van der Waals surface area contributed by atoms with Crippen molar-refractivity contribution in [1.82, 2.24) is 10.2 Å². The van der Waals surface area contributed by atoms with Crippen LogP contribution in [0.15, 0.2) is 42.5 Å². The minimum atomic E-state index is -0.549. The summed E-state index contributed by atoms with van der Waals surface area (Å²) in [4.78, 5) is 37.8. The number of carbonyl (C=O) groups is 2. The Balaban J connectivity index is 1.63. The van der Waals surface area contributed by atoms with Gasteiger partial charge in [-0.25, -0.2) is 0 Å². The van der Waals surface area contributed by atoms with Crippen LogP contribution in [0, 0.1) is 17.0 Å². The van der Waals surface area contributed by atoms with E-state index in [9.17, 15) is 19.7 Å². The third-order valence-electron chi connectivity index (χ3n) is 5.22. The van der Waals surface area contributed by atoms with Crippen LogP contribution in [-0.4, -0.2) is 40.3 Å². The van der Waals surface area contributed by atoms with E-state index in [-0.39, 0.29) is 23.6 Å². The smallest absolute Gasteiger partial charge is 0.272 e. The first-order valence-electron chi connectivity index (χ1n) is 10.4. The summed E-state index contributed by atoms with van der Waals surface area (Å²) >= 11 is 0. The predicted molar refractivity (Wildman–Crippen MR) is 116 cm³/mol. The van der Waals surface area contributed by atoms with Gasteiger partial charge in [-0.3, -0.25) is 19.7 Å². The number of nitrogens with zero attached hydrogens (tertiary/aromatic N) is 2. The fraction of sp³-hybridized carbons (Fsp3) is 0.391. The number of nitro groups is 1. The SMILES string of the molecule is Cc1cc(C(=O)N2CCCC2C(=O)NCc2ccc(OC(C)C)cc2)ccc1[N+](=O)[O-]. The summed E-state index contributed by atoms with van der Waals surface area (Å²) in [6.07, 6.45) is 1.41. The summed E-state index contributed by atoms with van der Waals surface area (Å²) in [5.41, 5.74) is 1.67. The fourth-order valence-electron chi connectivity index (χ4n) is 3.71. The van der Waals surface area contributed by atoms with Gasteiger partial charge in [-0.2, -0.15) is 0 Å². The van der Waals surface area contributed by atoms with Gasteiger partial charge in [0, 0.05) is 30.3 Å². The van der Waals surface area contributed by atoms with E-state index in [1.54, 1.807) is 11.8 Å². The van der Waals surface area contributed by atoms with Gasteiger partial charge in [0.25, 0.3) is 11.6 Å². The Kier molecular flexibility index (Phi) is 6.89. The number of nitro benzene ring substituents is 1. The molecule has 1 aliphatic heterocycles. The van der Waals surface area contributed by atoms with E-state index in [0.717, 1.165) is 17.7 Å². The number of likely N-dealkylation sites (tertiary alicyclic amines) is 1. The largest absolute Gasteiger partial charge is 0.491 e. The lowest BCUT2D eigenvalue weighted by molar-refractivity contribution is -0.385. The Bertz CT molecular complexity index is 972. The molecule has 0 bridgehead atoms. The van der Waals surface area contributed by atoms with Crippen molar-refractivity contribution in [1.29, 1.82) is 0 Å². The number of benzene rings is 2. The summed E-state index contributed by atoms with van der Waals surface area (Å²) in [6.45, 7) is 6.35. The van der Waals surface area contributed by atoms with Gasteiger partial charge in [0.1, 0.15) is 11.8 Å². The molecule has 1 atom stereocenters. The summed E-state index contributed by atoms with van der Waals surface area (Å²) in [5.74, 6) is 0.286. The molecule has 1 fully saturated rings. The summed E-state index contributed by atoms with van der Waals surface area (Å²) in [5, 5.41) is 13.9. The Morgan fingerprint density at radius 1 is 1.23 bits per heavy atom. The molecule has 0 aliphatic carbocycles. The molecule has 1 aliphatic rings. The first-order valence-corrected chi connectivity index (χ1v) is 10.4. The summed E-state index contributed by atoms with van der Waals surface area (Å²) in [6, 6.07) is 11.3. The molecule has 1 saturated heterocycles. The standard InChI is InChI=1S/C23H27N3O5/c1-15(2)31-19-9-6-17(7-10-19)14-24-22(27)21-5-4-12-25(21)23(28)18-8-11-20(26(29)30)16(3)13-18/h6-11,13,15,21H,4-5,12,14H2,1-3H3,(H,24,27). The van der Waals surface area contributed by atoms with Crippen molar-refractivity contribution in [3.63, 3.8) is 0 Å². The average molecular weight is 425 g/mol. The molecule has 1 N–H and O–H groups in total. The van der Waals surface area contributed by atoms with Gasteiger partial charge in [-0.15, -0.1) is 0 Å². The Morgan fingerprint density at radius 2 is 1.94 bits per heavy atom. The van der Waals surface area contributed by atoms with E-state index in [1.165, 1.54) is 18.2 Å². The molecule has 0 radical (unpaired) electrons. The molecule has 0 aromatic heterocycles. The lowest BCUT2D eigenvalue weighted by Crippen LogP contribution is -2.45. The highest BCUT2D eigenvalue weighted by molar-refractivity contribution is 5.98. The highest BCUT2D eigenvalue weighted by atomic mass is 16.6. The molecule has 0 spiro atoms. The van der Waals surface area contributed by atoms with Crippen molar-refractivity contribution >= 4 is 17.5 Å². The van der Waals surface area contributed by atoms with Gasteiger partial charge in [0.05, 0.1) is 11.0 Å². The van der Waals surface area contributed by atoms with Gasteiger partial charge in [0.2, 0.25) is 5.91 Å². The minimum absolute atomic E-state index is 0.0305. The zero-order chi connectivity index (χ0) is 22.5. The molecule has 2 amide bonds. The number of amides is 2. The van der Waals surface area contributed by atoms with Gasteiger partial charge in [-0.1, -0.05) is 12.1 Å². The lowest BCUT2D eigenvalue weighted by Gasteiger charge is -2.24. The van der Waals surface area contributed by atoms with Crippen LogP contribution >= 0.6 is 0 Å². The third kappa shape index (κ3) is 5.39. The second kappa shape index (κ2) is 9.59. The highest BCUT2D eigenvalue weighted by Crippen LogP contribution is 2.24. The van der Waals surface area contributed by atoms with Crippen molar-refractivity contribution in [3.8, 4) is 5.75 Å². The number of aryl methyl sites for hydroxylation is 1. The van der Waals surface area contributed by atoms with Crippen LogP contribution in [0.4, 0.5) is 5.69 Å². The third-order valence-corrected chi connectivity index (χ3v) is 5.22. The molecule has 1 unspecified atom stereocenters. The molecule has 31 heavy (non-hydrogen) atoms. The fourth-order valence-corrected chi connectivity index (χ4v) is 3.71. The second-order valence-corrected chi connectivity index (χ2v) is 7.94. The highest BCUT2D eigenvalue weighted by Gasteiger charge is 2.34. The monoisotopic (exact) mass is 425 g/mol. The number of carbonyl (C=O) groups excluding carboxylic acids is 2. The Morgan fingerprint density at radius 3 is 2.55 bits per heavy atom. The van der Waals surface area contributed by atoms with Crippen molar-refractivity contribution in [2.24, 2.45) is 0 Å². The number of hydrogen-bond acceptors (Lipinski definition) is 5. The maximum absolute atomic E-state index is 13.0. The lowest BCUT2D eigenvalue weighted by atomic mass is 10.1. The quantitative estimate of drug-likeness (QED) is 0.539. The molecule has 2 aromatic rings. The zero-order valence-corrected chi connectivity index (χ0v) is 18.0. The first-order chi connectivity index (χ1) is 14.8. The molecular formula is C23H27N3O5. The van der Waals surface area contributed by atoms with Crippen LogP contribution in [0.5, 0.6) is 5.75 Å². The van der Waals surface area contributed by atoms with Gasteiger partial charge < -0.3 is 15.0 Å². The van der Waals surface area contributed by atoms with Crippen LogP contribution in [0.25, 0.3) is 0 Å². The van der Waals surface area contributed by atoms with Crippen molar-refractivity contribution in [3.05, 3.63) is 69.3 Å². The van der Waals surface area contributed by atoms with E-state index in [0.29, 0.717) is 30.6 Å². The Hall–Kier alpha value is -3.42. The number of hydrogen-bond donors (Lipinski definition) is 1. The molecular weight excluding hydrogens is 398 g/mol. The molecule has 8 nitrogen and oxygen atoms in total. The number of ether oxygens (including phenoxy) is 1. The van der Waals surface area contributed by atoms with Crippen LogP contribution in [0.1, 0.15) is 48.2 Å². The first kappa shape index (κ1) is 22.3. The molecule has 0 saturated carbocycles. The number of nitrogens with one attached hydrogen (secondary N) is 1. The van der Waals surface area contributed by atoms with Crippen molar-refractivity contribution in [2.45, 2.75) is 52.3 Å². The van der Waals surface area contributed by atoms with E-state index in [4.69, 9.17) is 4.74 Å². The van der Waals surface area contributed by atoms with Gasteiger partial charge in [0.15, 0.2) is 0 Å². The van der Waals surface area contributed by atoms with E-state index in [1.807, 2.05) is 38.1 Å². The molecule has 8 heteroatoms. The molecule has 3 rings (SSSR count). The van der Waals surface area contributed by atoms with E-state index < -0.39 is 11.0 Å². The zero-order valence-electron chi connectivity index (χ0n) is 18.0. The van der Waals surface area contributed by atoms with Crippen molar-refractivity contribution in [2.75, 3.05) is 6.54 Å². The maximum atomic E-state index is 13.0. The van der Waals surface area contributed by atoms with Crippen molar-refractivity contribution < 1.29 is 19.2 Å². The minimum Gasteiger partial charge on any atom is -0.491 e. The summed E-state index contributed by atoms with van der Waals surface area (Å²) in [7, 11) is 0. The maximum Gasteiger partial charge on any atom is 0.272 e. The molecule has 1 heterocycles. The van der Waals surface area contributed by atoms with Gasteiger partial charge in [-0.05, 0) is 63.4 Å². The van der Waals surface area contributed by atoms with E-state index in [2.05, 4.69) is 5.32 Å². The van der Waals surface area contributed by atoms with Crippen LogP contribution in [0.3, 0.4) is 0 Å². The molecule has 164 valence electrons. The topological polar surface area (TPSA) is 102 Å². The van der Waals surface area contributed by atoms with Crippen LogP contribution < -0.4 is 10.1 Å². The second-order valence-electron chi connectivity index (χ2n) is 7.94. The molecule has 2 aromatic carbocycles. The van der Waals surface area contributed by atoms with Gasteiger partial charge >= 0.3 is 0 Å². The Labute approximate surface area is 181 Å². The van der Waals surface area contributed by atoms with Crippen LogP contribution in [0.2, 0.25) is 0 Å². The predicted octanol–water partition coefficient (Wildman–Crippen LogP) is 3.61. The summed E-state index contributed by atoms with van der Waals surface area (Å²) < 4.78 is 5.62.